The molecule has 0 saturated carbocycles. The molecule has 1 amide bonds. The Morgan fingerprint density at radius 2 is 1.47 bits per heavy atom. The molecule has 0 atom stereocenters. The van der Waals surface area contributed by atoms with E-state index in [0.717, 1.165) is 15.0 Å². The van der Waals surface area contributed by atoms with E-state index < -0.39 is 15.9 Å². The van der Waals surface area contributed by atoms with Gasteiger partial charge in [0.15, 0.2) is 5.84 Å². The fourth-order valence-electron chi connectivity index (χ4n) is 2.88. The van der Waals surface area contributed by atoms with Crippen molar-refractivity contribution < 1.29 is 13.2 Å². The Bertz CT molecular complexity index is 1240. The molecular formula is C22H16BrN3O3S. The van der Waals surface area contributed by atoms with E-state index in [9.17, 15) is 13.2 Å². The summed E-state index contributed by atoms with van der Waals surface area (Å²) in [5.74, 6) is -0.345. The van der Waals surface area contributed by atoms with Crippen molar-refractivity contribution in [2.45, 2.75) is 4.90 Å². The molecule has 3 aromatic rings. The summed E-state index contributed by atoms with van der Waals surface area (Å²) in [5, 5.41) is 0.974. The van der Waals surface area contributed by atoms with Gasteiger partial charge >= 0.3 is 0 Å². The third-order valence-electron chi connectivity index (χ3n) is 4.33. The lowest BCUT2D eigenvalue weighted by Crippen LogP contribution is -2.47. The molecule has 0 aromatic heterocycles. The maximum Gasteiger partial charge on any atom is 0.293 e. The van der Waals surface area contributed by atoms with Crippen LogP contribution in [0.5, 0.6) is 0 Å². The lowest BCUT2D eigenvalue weighted by atomic mass is 10.2. The maximum absolute atomic E-state index is 13.1. The Morgan fingerprint density at radius 1 is 0.867 bits per heavy atom. The summed E-state index contributed by atoms with van der Waals surface area (Å²) in [6.45, 7) is 0. The van der Waals surface area contributed by atoms with Gasteiger partial charge in [0.1, 0.15) is 5.70 Å². The molecule has 1 N–H and O–H groups in total. The number of sulfonamides is 1. The number of hydrogen-bond acceptors (Lipinski definition) is 4. The number of carbonyl (C=O) groups is 1. The number of amidine groups is 1. The van der Waals surface area contributed by atoms with E-state index in [0.29, 0.717) is 5.56 Å². The van der Waals surface area contributed by atoms with Gasteiger partial charge in [-0.15, -0.1) is 4.83 Å². The van der Waals surface area contributed by atoms with Crippen molar-refractivity contribution in [1.29, 1.82) is 0 Å². The first-order chi connectivity index (χ1) is 14.4. The number of nitrogens with one attached hydrogen (secondary N) is 1. The average molecular weight is 482 g/mol. The van der Waals surface area contributed by atoms with Crippen LogP contribution in [0.1, 0.15) is 11.1 Å². The standard InChI is InChI=1S/C22H16BrN3O3S/c23-18-11-13-19(14-12-18)30(28,29)25-26-21(17-9-5-2-6-10-17)24-20(22(26)27)15-16-7-3-1-4-8-16/h1-15,25H/b20-15-. The van der Waals surface area contributed by atoms with Crippen LogP contribution in [-0.2, 0) is 14.8 Å². The number of nitrogens with zero attached hydrogens (tertiary/aromatic N) is 2. The third kappa shape index (κ3) is 4.25. The minimum Gasteiger partial charge on any atom is -0.265 e. The Kier molecular flexibility index (Phi) is 5.63. The molecule has 1 aliphatic rings. The number of benzene rings is 3. The van der Waals surface area contributed by atoms with Crippen LogP contribution in [0, 0.1) is 0 Å². The fraction of sp³-hybridized carbons (Fsp3) is 0. The molecule has 0 unspecified atom stereocenters. The summed E-state index contributed by atoms with van der Waals surface area (Å²) in [6.07, 6.45) is 1.62. The zero-order chi connectivity index (χ0) is 21.1. The van der Waals surface area contributed by atoms with Crippen molar-refractivity contribution >= 4 is 43.8 Å². The number of rotatable bonds is 5. The summed E-state index contributed by atoms with van der Waals surface area (Å²) in [5.41, 5.74) is 1.54. The molecule has 1 heterocycles. The van der Waals surface area contributed by atoms with E-state index in [4.69, 9.17) is 0 Å². The Morgan fingerprint density at radius 3 is 2.10 bits per heavy atom. The molecule has 0 aliphatic carbocycles. The Hall–Kier alpha value is -3.07. The quantitative estimate of drug-likeness (QED) is 0.559. The van der Waals surface area contributed by atoms with Crippen molar-refractivity contribution in [3.8, 4) is 0 Å². The SMILES string of the molecule is O=C1/C(=C/c2ccccc2)N=C(c2ccccc2)N1NS(=O)(=O)c1ccc(Br)cc1. The van der Waals surface area contributed by atoms with Crippen molar-refractivity contribution in [2.75, 3.05) is 0 Å². The van der Waals surface area contributed by atoms with Gasteiger partial charge in [0.2, 0.25) is 0 Å². The van der Waals surface area contributed by atoms with E-state index in [1.807, 2.05) is 36.4 Å². The van der Waals surface area contributed by atoms with Gasteiger partial charge in [-0.05, 0) is 35.9 Å². The molecule has 0 bridgehead atoms. The summed E-state index contributed by atoms with van der Waals surface area (Å²) in [6, 6.07) is 24.3. The van der Waals surface area contributed by atoms with Crippen LogP contribution in [0.25, 0.3) is 6.08 Å². The molecule has 6 nitrogen and oxygen atoms in total. The van der Waals surface area contributed by atoms with E-state index in [1.165, 1.54) is 12.1 Å². The number of carbonyl (C=O) groups excluding carboxylic acids is 1. The lowest BCUT2D eigenvalue weighted by Gasteiger charge is -2.19. The first-order valence-corrected chi connectivity index (χ1v) is 11.2. The highest BCUT2D eigenvalue weighted by molar-refractivity contribution is 9.10. The molecule has 8 heteroatoms. The van der Waals surface area contributed by atoms with Crippen LogP contribution < -0.4 is 4.83 Å². The largest absolute Gasteiger partial charge is 0.293 e. The summed E-state index contributed by atoms with van der Waals surface area (Å²) in [7, 11) is -4.00. The number of hydrogen-bond donors (Lipinski definition) is 1. The lowest BCUT2D eigenvalue weighted by molar-refractivity contribution is -0.123. The second kappa shape index (κ2) is 8.35. The van der Waals surface area contributed by atoms with Gasteiger partial charge < -0.3 is 0 Å². The number of hydrazine groups is 1. The Balaban J connectivity index is 1.73. The topological polar surface area (TPSA) is 78.8 Å². The average Bonchev–Trinajstić information content (AvgIpc) is 3.05. The first kappa shape index (κ1) is 20.2. The normalized spacial score (nSPS) is 15.5. The van der Waals surface area contributed by atoms with Crippen molar-refractivity contribution in [1.82, 2.24) is 9.84 Å². The van der Waals surface area contributed by atoms with Crippen molar-refractivity contribution in [3.63, 3.8) is 0 Å². The molecule has 0 radical (unpaired) electrons. The molecule has 0 saturated heterocycles. The third-order valence-corrected chi connectivity index (χ3v) is 6.18. The summed E-state index contributed by atoms with van der Waals surface area (Å²) >= 11 is 3.28. The molecule has 3 aromatic carbocycles. The Labute approximate surface area is 182 Å². The molecule has 30 heavy (non-hydrogen) atoms. The van der Waals surface area contributed by atoms with Crippen LogP contribution >= 0.6 is 15.9 Å². The monoisotopic (exact) mass is 481 g/mol. The second-order valence-electron chi connectivity index (χ2n) is 6.43. The highest BCUT2D eigenvalue weighted by atomic mass is 79.9. The van der Waals surface area contributed by atoms with Crippen LogP contribution in [0.4, 0.5) is 0 Å². The first-order valence-electron chi connectivity index (χ1n) is 8.97. The number of halogens is 1. The molecule has 0 spiro atoms. The minimum atomic E-state index is -4.00. The van der Waals surface area contributed by atoms with Gasteiger partial charge in [-0.2, -0.15) is 0 Å². The smallest absolute Gasteiger partial charge is 0.265 e. The predicted molar refractivity (Wildman–Crippen MR) is 119 cm³/mol. The number of amides is 1. The summed E-state index contributed by atoms with van der Waals surface area (Å²) < 4.78 is 26.5. The van der Waals surface area contributed by atoms with Gasteiger partial charge in [0.25, 0.3) is 15.9 Å². The highest BCUT2D eigenvalue weighted by Crippen LogP contribution is 2.22. The van der Waals surface area contributed by atoms with E-state index in [1.54, 1.807) is 42.5 Å². The van der Waals surface area contributed by atoms with Gasteiger partial charge in [-0.25, -0.2) is 18.4 Å². The maximum atomic E-state index is 13.1. The van der Waals surface area contributed by atoms with Gasteiger partial charge in [0.05, 0.1) is 4.90 Å². The van der Waals surface area contributed by atoms with Crippen molar-refractivity contribution in [3.05, 3.63) is 106 Å². The van der Waals surface area contributed by atoms with Crippen LogP contribution in [0.2, 0.25) is 0 Å². The molecule has 4 rings (SSSR count). The molecular weight excluding hydrogens is 466 g/mol. The van der Waals surface area contributed by atoms with Crippen molar-refractivity contribution in [2.24, 2.45) is 4.99 Å². The zero-order valence-corrected chi connectivity index (χ0v) is 18.0. The minimum absolute atomic E-state index is 0.0337. The fourth-order valence-corrected chi connectivity index (χ4v) is 4.15. The van der Waals surface area contributed by atoms with Gasteiger partial charge in [-0.3, -0.25) is 4.79 Å². The highest BCUT2D eigenvalue weighted by Gasteiger charge is 2.34. The zero-order valence-electron chi connectivity index (χ0n) is 15.6. The van der Waals surface area contributed by atoms with E-state index in [-0.39, 0.29) is 16.4 Å². The van der Waals surface area contributed by atoms with Crippen LogP contribution in [0.3, 0.4) is 0 Å². The molecule has 1 aliphatic heterocycles. The molecule has 0 fully saturated rings. The predicted octanol–water partition coefficient (Wildman–Crippen LogP) is 3.97. The van der Waals surface area contributed by atoms with Crippen LogP contribution in [0.15, 0.2) is 105 Å². The van der Waals surface area contributed by atoms with Gasteiger partial charge in [0, 0.05) is 10.0 Å². The van der Waals surface area contributed by atoms with Crippen LogP contribution in [-0.4, -0.2) is 25.2 Å². The molecule has 150 valence electrons. The summed E-state index contributed by atoms with van der Waals surface area (Å²) in [4.78, 5) is 19.9. The second-order valence-corrected chi connectivity index (χ2v) is 9.01. The van der Waals surface area contributed by atoms with E-state index >= 15 is 0 Å². The van der Waals surface area contributed by atoms with Gasteiger partial charge in [-0.1, -0.05) is 76.6 Å². The van der Waals surface area contributed by atoms with E-state index in [2.05, 4.69) is 25.8 Å². The number of aliphatic imine (C=N–C) groups is 1.